The number of esters is 1. The molecule has 2 aliphatic rings. The van der Waals surface area contributed by atoms with Crippen molar-refractivity contribution >= 4 is 40.2 Å². The van der Waals surface area contributed by atoms with Gasteiger partial charge in [0.2, 0.25) is 10.3 Å². The number of amides is 1. The van der Waals surface area contributed by atoms with Crippen molar-refractivity contribution in [2.24, 2.45) is 11.8 Å². The molecule has 1 saturated heterocycles. The van der Waals surface area contributed by atoms with Crippen LogP contribution in [0.25, 0.3) is 0 Å². The van der Waals surface area contributed by atoms with E-state index in [1.54, 1.807) is 0 Å². The zero-order valence-electron chi connectivity index (χ0n) is 17.0. The predicted octanol–water partition coefficient (Wildman–Crippen LogP) is 3.42. The lowest BCUT2D eigenvalue weighted by Gasteiger charge is -2.38. The maximum absolute atomic E-state index is 12.4. The number of nitrogens with zero attached hydrogens (tertiary/aromatic N) is 1. The van der Waals surface area contributed by atoms with E-state index in [0.717, 1.165) is 19.3 Å². The molecule has 1 amide bonds. The number of rotatable bonds is 10. The van der Waals surface area contributed by atoms with Gasteiger partial charge in [-0.25, -0.2) is 0 Å². The molecule has 1 saturated carbocycles. The van der Waals surface area contributed by atoms with Gasteiger partial charge in [-0.3, -0.25) is 9.59 Å². The quantitative estimate of drug-likeness (QED) is 0.388. The average molecular weight is 432 g/mol. The van der Waals surface area contributed by atoms with Crippen LogP contribution in [0.3, 0.4) is 0 Å². The Morgan fingerprint density at radius 1 is 1.25 bits per heavy atom. The van der Waals surface area contributed by atoms with Crippen molar-refractivity contribution in [1.82, 2.24) is 4.90 Å². The van der Waals surface area contributed by atoms with Gasteiger partial charge in [0, 0.05) is 19.0 Å². The second kappa shape index (κ2) is 12.6. The summed E-state index contributed by atoms with van der Waals surface area (Å²) in [6.45, 7) is 7.36. The van der Waals surface area contributed by atoms with E-state index in [-0.39, 0.29) is 29.7 Å². The maximum Gasteiger partial charge on any atom is 0.316 e. The first-order valence-electron chi connectivity index (χ1n) is 10.4. The lowest BCUT2D eigenvalue weighted by molar-refractivity contribution is -0.145. The van der Waals surface area contributed by atoms with E-state index >= 15 is 0 Å². The van der Waals surface area contributed by atoms with Crippen LogP contribution < -0.4 is 0 Å². The van der Waals surface area contributed by atoms with Crippen molar-refractivity contribution < 1.29 is 23.8 Å². The van der Waals surface area contributed by atoms with E-state index in [0.29, 0.717) is 56.1 Å². The smallest absolute Gasteiger partial charge is 0.316 e. The molecule has 0 aromatic carbocycles. The fourth-order valence-electron chi connectivity index (χ4n) is 3.34. The minimum absolute atomic E-state index is 0.0231. The molecule has 2 fully saturated rings. The molecular formula is C20H33NO5S2. The summed E-state index contributed by atoms with van der Waals surface area (Å²) >= 11 is 6.42. The third kappa shape index (κ3) is 7.87. The van der Waals surface area contributed by atoms with E-state index < -0.39 is 0 Å². The molecule has 0 aromatic heterocycles. The first kappa shape index (κ1) is 23.4. The van der Waals surface area contributed by atoms with Gasteiger partial charge in [-0.05, 0) is 37.4 Å². The van der Waals surface area contributed by atoms with Gasteiger partial charge >= 0.3 is 5.97 Å². The first-order valence-corrected chi connectivity index (χ1v) is 11.8. The normalized spacial score (nSPS) is 22.9. The van der Waals surface area contributed by atoms with Crippen LogP contribution in [0, 0.1) is 11.8 Å². The summed E-state index contributed by atoms with van der Waals surface area (Å²) in [5.74, 6) is 0.577. The molecule has 0 aromatic rings. The van der Waals surface area contributed by atoms with E-state index in [4.69, 9.17) is 26.4 Å². The molecule has 0 bridgehead atoms. The maximum atomic E-state index is 12.4. The van der Waals surface area contributed by atoms with Crippen LogP contribution in [0.4, 0.5) is 0 Å². The Labute approximate surface area is 178 Å². The summed E-state index contributed by atoms with van der Waals surface area (Å²) < 4.78 is 16.7. The third-order valence-electron chi connectivity index (χ3n) is 5.36. The highest BCUT2D eigenvalue weighted by molar-refractivity contribution is 8.23. The lowest BCUT2D eigenvalue weighted by atomic mass is 9.81. The highest BCUT2D eigenvalue weighted by Gasteiger charge is 2.39. The summed E-state index contributed by atoms with van der Waals surface area (Å²) in [6, 6.07) is 0. The number of unbranched alkanes of at least 4 members (excludes halogenated alkanes) is 1. The number of carbonyl (C=O) groups is 2. The number of hydrogen-bond acceptors (Lipinski definition) is 7. The van der Waals surface area contributed by atoms with Crippen molar-refractivity contribution in [3.05, 3.63) is 0 Å². The van der Waals surface area contributed by atoms with Crippen LogP contribution in [0.5, 0.6) is 0 Å². The van der Waals surface area contributed by atoms with Crippen molar-refractivity contribution in [2.75, 3.05) is 38.7 Å². The van der Waals surface area contributed by atoms with E-state index in [1.165, 1.54) is 18.2 Å². The molecular weight excluding hydrogens is 398 g/mol. The lowest BCUT2D eigenvalue weighted by Crippen LogP contribution is -2.48. The topological polar surface area (TPSA) is 65.1 Å². The van der Waals surface area contributed by atoms with Gasteiger partial charge in [-0.1, -0.05) is 44.9 Å². The fraction of sp³-hybridized carbons (Fsp3) is 0.850. The molecule has 1 unspecified atom stereocenters. The van der Waals surface area contributed by atoms with Crippen LogP contribution in [-0.4, -0.2) is 65.9 Å². The van der Waals surface area contributed by atoms with Gasteiger partial charge in [0.1, 0.15) is 6.10 Å². The van der Waals surface area contributed by atoms with Gasteiger partial charge in [0.25, 0.3) is 0 Å². The summed E-state index contributed by atoms with van der Waals surface area (Å²) in [5.41, 5.74) is 0. The third-order valence-corrected chi connectivity index (χ3v) is 6.52. The van der Waals surface area contributed by atoms with Gasteiger partial charge in [0.15, 0.2) is 0 Å². The van der Waals surface area contributed by atoms with E-state index in [9.17, 15) is 9.59 Å². The molecule has 160 valence electrons. The minimum Gasteiger partial charge on any atom is -0.475 e. The number of thiocarbonyl (C=S) groups is 1. The number of morpholine rings is 1. The SMILES string of the molecule is CCCCC(CC)COC(=O)CSC(=S)O[C@H]1C[C@@H](C(=O)N2CCOCC2)C1. The summed E-state index contributed by atoms with van der Waals surface area (Å²) in [7, 11) is 0. The minimum atomic E-state index is -0.250. The Bertz CT molecular complexity index is 519. The predicted molar refractivity (Wildman–Crippen MR) is 114 cm³/mol. The molecule has 2 rings (SSSR count). The number of hydrogen-bond donors (Lipinski definition) is 0. The van der Waals surface area contributed by atoms with Crippen LogP contribution in [0.1, 0.15) is 52.4 Å². The van der Waals surface area contributed by atoms with Gasteiger partial charge in [-0.15, -0.1) is 0 Å². The van der Waals surface area contributed by atoms with Crippen molar-refractivity contribution in [3.63, 3.8) is 0 Å². The highest BCUT2D eigenvalue weighted by atomic mass is 32.2. The van der Waals surface area contributed by atoms with E-state index in [1.807, 2.05) is 4.90 Å². The molecule has 0 spiro atoms. The summed E-state index contributed by atoms with van der Waals surface area (Å²) in [5, 5.41) is 0. The second-order valence-corrected chi connectivity index (χ2v) is 9.06. The number of thioether (sulfide) groups is 1. The Kier molecular flexibility index (Phi) is 10.6. The van der Waals surface area contributed by atoms with Crippen molar-refractivity contribution in [3.8, 4) is 0 Å². The van der Waals surface area contributed by atoms with Gasteiger partial charge in [0.05, 0.1) is 25.6 Å². The Hall–Kier alpha value is -0.860. The summed E-state index contributed by atoms with van der Waals surface area (Å²) in [6.07, 6.45) is 5.80. The van der Waals surface area contributed by atoms with Crippen LogP contribution in [0.15, 0.2) is 0 Å². The second-order valence-electron chi connectivity index (χ2n) is 7.48. The molecule has 0 N–H and O–H groups in total. The molecule has 1 atom stereocenters. The molecule has 6 nitrogen and oxygen atoms in total. The molecule has 0 radical (unpaired) electrons. The summed E-state index contributed by atoms with van der Waals surface area (Å²) in [4.78, 5) is 26.1. The van der Waals surface area contributed by atoms with E-state index in [2.05, 4.69) is 13.8 Å². The zero-order chi connectivity index (χ0) is 20.4. The first-order chi connectivity index (χ1) is 13.5. The molecule has 1 aliphatic heterocycles. The van der Waals surface area contributed by atoms with Crippen molar-refractivity contribution in [1.29, 1.82) is 0 Å². The average Bonchev–Trinajstić information content (AvgIpc) is 2.69. The fourth-order valence-corrected chi connectivity index (χ4v) is 4.18. The number of ether oxygens (including phenoxy) is 3. The van der Waals surface area contributed by atoms with Crippen molar-refractivity contribution in [2.45, 2.75) is 58.5 Å². The van der Waals surface area contributed by atoms with Gasteiger partial charge < -0.3 is 19.1 Å². The largest absolute Gasteiger partial charge is 0.475 e. The Balaban J connectivity index is 1.55. The molecule has 28 heavy (non-hydrogen) atoms. The Morgan fingerprint density at radius 2 is 1.96 bits per heavy atom. The molecule has 1 heterocycles. The van der Waals surface area contributed by atoms with Gasteiger partial charge in [-0.2, -0.15) is 0 Å². The van der Waals surface area contributed by atoms with Crippen LogP contribution >= 0.6 is 24.0 Å². The highest BCUT2D eigenvalue weighted by Crippen LogP contribution is 2.33. The molecule has 8 heteroatoms. The standard InChI is InChI=1S/C20H33NO5S2/c1-3-5-6-15(4-2)13-25-18(22)14-28-20(27)26-17-11-16(12-17)19(23)21-7-9-24-10-8-21/h15-17H,3-14H2,1-2H3/t15?,16-,17+. The molecule has 1 aliphatic carbocycles. The zero-order valence-corrected chi connectivity index (χ0v) is 18.7. The monoisotopic (exact) mass is 431 g/mol. The van der Waals surface area contributed by atoms with Crippen LogP contribution in [0.2, 0.25) is 0 Å². The Morgan fingerprint density at radius 3 is 2.61 bits per heavy atom. The number of carbonyl (C=O) groups excluding carboxylic acids is 2. The van der Waals surface area contributed by atoms with Crippen LogP contribution in [-0.2, 0) is 23.8 Å².